The van der Waals surface area contributed by atoms with Crippen LogP contribution in [0.3, 0.4) is 0 Å². The number of carbonyl (C=O) groups is 2. The molecule has 0 spiro atoms. The van der Waals surface area contributed by atoms with E-state index in [1.165, 1.54) is 31.4 Å². The maximum Gasteiger partial charge on any atom is 0.416 e. The Bertz CT molecular complexity index is 800. The van der Waals surface area contributed by atoms with E-state index in [1.807, 2.05) is 12.1 Å². The lowest BCUT2D eigenvalue weighted by molar-refractivity contribution is -0.137. The molecular formula is C22H25F3N2O2. The van der Waals surface area contributed by atoms with Crippen molar-refractivity contribution < 1.29 is 22.8 Å². The van der Waals surface area contributed by atoms with Crippen molar-refractivity contribution in [1.82, 2.24) is 5.32 Å². The summed E-state index contributed by atoms with van der Waals surface area (Å²) in [6.45, 7) is 1.88. The molecule has 2 aromatic rings. The highest BCUT2D eigenvalue weighted by Crippen LogP contribution is 2.29. The highest BCUT2D eigenvalue weighted by Gasteiger charge is 2.29. The minimum absolute atomic E-state index is 0.227. The lowest BCUT2D eigenvalue weighted by Crippen LogP contribution is -2.32. The summed E-state index contributed by atoms with van der Waals surface area (Å²) in [6, 6.07) is 11.4. The standard InChI is InChI=1S/C22H25F3N2O2/c1-2-3-4-5-6-16-7-9-17(10-8-16)21(29)26-15-20(28)27-19-13-11-18(12-14-19)22(23,24)25/h7-14H,2-6,15H2,1H3,(H,26,29)(H,27,28). The first-order chi connectivity index (χ1) is 13.8. The Morgan fingerprint density at radius 2 is 1.55 bits per heavy atom. The van der Waals surface area contributed by atoms with Crippen molar-refractivity contribution in [2.75, 3.05) is 11.9 Å². The van der Waals surface area contributed by atoms with Crippen LogP contribution in [0.4, 0.5) is 18.9 Å². The third kappa shape index (κ3) is 7.60. The second-order valence-electron chi connectivity index (χ2n) is 6.81. The zero-order valence-corrected chi connectivity index (χ0v) is 16.3. The summed E-state index contributed by atoms with van der Waals surface area (Å²) in [5.41, 5.74) is 1.05. The van der Waals surface area contributed by atoms with Crippen LogP contribution in [0.1, 0.15) is 54.1 Å². The normalized spacial score (nSPS) is 11.2. The van der Waals surface area contributed by atoms with E-state index in [4.69, 9.17) is 0 Å². The van der Waals surface area contributed by atoms with Gasteiger partial charge in [0.2, 0.25) is 5.91 Å². The molecule has 0 aliphatic rings. The van der Waals surface area contributed by atoms with Crippen LogP contribution in [0.15, 0.2) is 48.5 Å². The lowest BCUT2D eigenvalue weighted by atomic mass is 10.0. The molecule has 0 fully saturated rings. The van der Waals surface area contributed by atoms with Gasteiger partial charge >= 0.3 is 6.18 Å². The number of amides is 2. The molecule has 0 saturated carbocycles. The maximum atomic E-state index is 12.5. The predicted molar refractivity (Wildman–Crippen MR) is 107 cm³/mol. The van der Waals surface area contributed by atoms with Gasteiger partial charge in [-0.05, 0) is 54.8 Å². The van der Waals surface area contributed by atoms with Gasteiger partial charge < -0.3 is 10.6 Å². The van der Waals surface area contributed by atoms with Crippen molar-refractivity contribution in [1.29, 1.82) is 0 Å². The largest absolute Gasteiger partial charge is 0.416 e. The Morgan fingerprint density at radius 3 is 2.14 bits per heavy atom. The van der Waals surface area contributed by atoms with Gasteiger partial charge in [-0.1, -0.05) is 38.3 Å². The Labute approximate surface area is 168 Å². The highest BCUT2D eigenvalue weighted by molar-refractivity contribution is 5.99. The lowest BCUT2D eigenvalue weighted by Gasteiger charge is -2.10. The number of hydrogen-bond acceptors (Lipinski definition) is 2. The summed E-state index contributed by atoms with van der Waals surface area (Å²) in [4.78, 5) is 24.1. The minimum Gasteiger partial charge on any atom is -0.343 e. The number of benzene rings is 2. The van der Waals surface area contributed by atoms with E-state index in [2.05, 4.69) is 17.6 Å². The Balaban J connectivity index is 1.78. The second-order valence-corrected chi connectivity index (χ2v) is 6.81. The number of carbonyl (C=O) groups excluding carboxylic acids is 2. The average Bonchev–Trinajstić information content (AvgIpc) is 2.69. The van der Waals surface area contributed by atoms with Crippen LogP contribution < -0.4 is 10.6 Å². The smallest absolute Gasteiger partial charge is 0.343 e. The Kier molecular flexibility index (Phi) is 8.24. The summed E-state index contributed by atoms with van der Waals surface area (Å²) in [5, 5.41) is 4.95. The first kappa shape index (κ1) is 22.5. The molecule has 0 aliphatic carbocycles. The SMILES string of the molecule is CCCCCCc1ccc(C(=O)NCC(=O)Nc2ccc(C(F)(F)F)cc2)cc1. The summed E-state index contributed by atoms with van der Waals surface area (Å²) >= 11 is 0. The molecule has 0 aliphatic heterocycles. The third-order valence-corrected chi connectivity index (χ3v) is 4.44. The van der Waals surface area contributed by atoms with Gasteiger partial charge in [-0.3, -0.25) is 9.59 Å². The fraction of sp³-hybridized carbons (Fsp3) is 0.364. The molecule has 2 amide bonds. The van der Waals surface area contributed by atoms with Gasteiger partial charge in [0.25, 0.3) is 5.91 Å². The fourth-order valence-corrected chi connectivity index (χ4v) is 2.79. The Morgan fingerprint density at radius 1 is 0.897 bits per heavy atom. The summed E-state index contributed by atoms with van der Waals surface area (Å²) < 4.78 is 37.6. The molecule has 0 heterocycles. The second kappa shape index (κ2) is 10.6. The first-order valence-electron chi connectivity index (χ1n) is 9.64. The van der Waals surface area contributed by atoms with Crippen LogP contribution in [0, 0.1) is 0 Å². The molecule has 2 aromatic carbocycles. The van der Waals surface area contributed by atoms with E-state index in [-0.39, 0.29) is 18.1 Å². The number of alkyl halides is 3. The van der Waals surface area contributed by atoms with Gasteiger partial charge in [0.15, 0.2) is 0 Å². The monoisotopic (exact) mass is 406 g/mol. The molecule has 2 N–H and O–H groups in total. The molecule has 0 aromatic heterocycles. The first-order valence-corrected chi connectivity index (χ1v) is 9.64. The van der Waals surface area contributed by atoms with Crippen molar-refractivity contribution in [3.8, 4) is 0 Å². The molecule has 4 nitrogen and oxygen atoms in total. The number of hydrogen-bond donors (Lipinski definition) is 2. The quantitative estimate of drug-likeness (QED) is 0.563. The van der Waals surface area contributed by atoms with Crippen LogP contribution in [-0.4, -0.2) is 18.4 Å². The number of halogens is 3. The van der Waals surface area contributed by atoms with Crippen LogP contribution >= 0.6 is 0 Å². The van der Waals surface area contributed by atoms with Crippen molar-refractivity contribution in [2.45, 2.75) is 45.2 Å². The summed E-state index contributed by atoms with van der Waals surface area (Å²) in [6.07, 6.45) is 1.25. The number of rotatable bonds is 9. The zero-order chi connectivity index (χ0) is 21.3. The van der Waals surface area contributed by atoms with Crippen molar-refractivity contribution in [2.24, 2.45) is 0 Å². The van der Waals surface area contributed by atoms with Crippen LogP contribution in [0.2, 0.25) is 0 Å². The highest BCUT2D eigenvalue weighted by atomic mass is 19.4. The van der Waals surface area contributed by atoms with Gasteiger partial charge in [0.1, 0.15) is 0 Å². The van der Waals surface area contributed by atoms with Crippen molar-refractivity contribution >= 4 is 17.5 Å². The number of aryl methyl sites for hydroxylation is 1. The van der Waals surface area contributed by atoms with Gasteiger partial charge in [-0.25, -0.2) is 0 Å². The molecule has 0 unspecified atom stereocenters. The number of nitrogens with one attached hydrogen (secondary N) is 2. The molecule has 0 radical (unpaired) electrons. The number of anilines is 1. The number of unbranched alkanes of at least 4 members (excludes halogenated alkanes) is 3. The zero-order valence-electron chi connectivity index (χ0n) is 16.3. The van der Waals surface area contributed by atoms with Gasteiger partial charge in [0.05, 0.1) is 12.1 Å². The van der Waals surface area contributed by atoms with E-state index < -0.39 is 17.6 Å². The molecule has 7 heteroatoms. The minimum atomic E-state index is -4.43. The molecule has 156 valence electrons. The molecular weight excluding hydrogens is 381 g/mol. The van der Waals surface area contributed by atoms with Crippen LogP contribution in [-0.2, 0) is 17.4 Å². The average molecular weight is 406 g/mol. The predicted octanol–water partition coefficient (Wildman–Crippen LogP) is 5.20. The maximum absolute atomic E-state index is 12.5. The van der Waals surface area contributed by atoms with E-state index in [0.717, 1.165) is 30.5 Å². The fourth-order valence-electron chi connectivity index (χ4n) is 2.79. The van der Waals surface area contributed by atoms with Crippen LogP contribution in [0.5, 0.6) is 0 Å². The molecule has 29 heavy (non-hydrogen) atoms. The van der Waals surface area contributed by atoms with Crippen LogP contribution in [0.25, 0.3) is 0 Å². The molecule has 0 saturated heterocycles. The van der Waals surface area contributed by atoms with Crippen molar-refractivity contribution in [3.63, 3.8) is 0 Å². The van der Waals surface area contributed by atoms with Crippen molar-refractivity contribution in [3.05, 3.63) is 65.2 Å². The summed E-state index contributed by atoms with van der Waals surface area (Å²) in [5.74, 6) is -0.907. The molecule has 0 atom stereocenters. The topological polar surface area (TPSA) is 58.2 Å². The van der Waals surface area contributed by atoms with E-state index >= 15 is 0 Å². The Hall–Kier alpha value is -2.83. The van der Waals surface area contributed by atoms with E-state index in [0.29, 0.717) is 5.56 Å². The van der Waals surface area contributed by atoms with E-state index in [1.54, 1.807) is 12.1 Å². The summed E-state index contributed by atoms with van der Waals surface area (Å²) in [7, 11) is 0. The third-order valence-electron chi connectivity index (χ3n) is 4.44. The van der Waals surface area contributed by atoms with E-state index in [9.17, 15) is 22.8 Å². The van der Waals surface area contributed by atoms with Gasteiger partial charge in [0, 0.05) is 11.3 Å². The van der Waals surface area contributed by atoms with Gasteiger partial charge in [-0.2, -0.15) is 13.2 Å². The molecule has 0 bridgehead atoms. The van der Waals surface area contributed by atoms with Gasteiger partial charge in [-0.15, -0.1) is 0 Å². The molecule has 2 rings (SSSR count).